The van der Waals surface area contributed by atoms with E-state index in [-0.39, 0.29) is 5.60 Å². The van der Waals surface area contributed by atoms with Crippen molar-refractivity contribution in [3.8, 4) is 0 Å². The summed E-state index contributed by atoms with van der Waals surface area (Å²) in [5.41, 5.74) is 2.48. The molecule has 0 radical (unpaired) electrons. The third-order valence-electron chi connectivity index (χ3n) is 5.00. The van der Waals surface area contributed by atoms with Gasteiger partial charge in [-0.1, -0.05) is 0 Å². The summed E-state index contributed by atoms with van der Waals surface area (Å²) >= 11 is 0. The number of pyridine rings is 1. The second-order valence-electron chi connectivity index (χ2n) is 6.39. The van der Waals surface area contributed by atoms with Gasteiger partial charge in [0.25, 0.3) is 0 Å². The Labute approximate surface area is 127 Å². The van der Waals surface area contributed by atoms with Crippen LogP contribution < -0.4 is 5.32 Å². The highest BCUT2D eigenvalue weighted by Gasteiger charge is 2.41. The zero-order valence-corrected chi connectivity index (χ0v) is 13.1. The van der Waals surface area contributed by atoms with Crippen LogP contribution in [-0.4, -0.2) is 37.5 Å². The highest BCUT2D eigenvalue weighted by atomic mass is 16.5. The Kier molecular flexibility index (Phi) is 4.57. The maximum Gasteiger partial charge on any atom is 0.0729 e. The molecule has 21 heavy (non-hydrogen) atoms. The van der Waals surface area contributed by atoms with E-state index in [1.54, 1.807) is 0 Å². The first-order valence-electron chi connectivity index (χ1n) is 8.04. The van der Waals surface area contributed by atoms with E-state index in [9.17, 15) is 0 Å². The molecule has 2 unspecified atom stereocenters. The van der Waals surface area contributed by atoms with Gasteiger partial charge >= 0.3 is 0 Å². The molecular weight excluding hydrogens is 264 g/mol. The largest absolute Gasteiger partial charge is 0.381 e. The van der Waals surface area contributed by atoms with Crippen LogP contribution in [-0.2, 0) is 9.47 Å². The Balaban J connectivity index is 1.77. The van der Waals surface area contributed by atoms with Gasteiger partial charge in [-0.2, -0.15) is 0 Å². The van der Waals surface area contributed by atoms with Crippen LogP contribution >= 0.6 is 0 Å². The van der Waals surface area contributed by atoms with Crippen molar-refractivity contribution in [3.05, 3.63) is 29.6 Å². The molecule has 0 amide bonds. The Hall–Kier alpha value is -0.970. The van der Waals surface area contributed by atoms with Gasteiger partial charge in [-0.3, -0.25) is 4.98 Å². The van der Waals surface area contributed by atoms with Crippen LogP contribution in [0.5, 0.6) is 0 Å². The first-order chi connectivity index (χ1) is 10.2. The Bertz CT molecular complexity index is 466. The molecule has 1 spiro atoms. The fraction of sp³-hybridized carbons (Fsp3) is 0.706. The summed E-state index contributed by atoms with van der Waals surface area (Å²) in [4.78, 5) is 4.32. The number of hydrogen-bond donors (Lipinski definition) is 1. The van der Waals surface area contributed by atoms with Crippen molar-refractivity contribution in [2.75, 3.05) is 26.9 Å². The fourth-order valence-corrected chi connectivity index (χ4v) is 3.88. The normalized spacial score (nSPS) is 26.7. The van der Waals surface area contributed by atoms with Crippen LogP contribution in [0.25, 0.3) is 0 Å². The van der Waals surface area contributed by atoms with Crippen LogP contribution in [0, 0.1) is 12.8 Å². The molecule has 0 aromatic carbocycles. The van der Waals surface area contributed by atoms with Gasteiger partial charge in [0, 0.05) is 37.8 Å². The molecule has 3 rings (SSSR count). The molecule has 2 aliphatic heterocycles. The first-order valence-corrected chi connectivity index (χ1v) is 8.04. The molecule has 2 aliphatic rings. The molecule has 1 aromatic rings. The van der Waals surface area contributed by atoms with E-state index in [4.69, 9.17) is 9.47 Å². The number of ether oxygens (including phenoxy) is 2. The maximum absolute atomic E-state index is 6.17. The fourth-order valence-electron chi connectivity index (χ4n) is 3.88. The SMILES string of the molecule is CNC(c1ccnc(C)c1)C1CCOC2(CCOCC2)C1. The van der Waals surface area contributed by atoms with Gasteiger partial charge in [-0.05, 0) is 63.3 Å². The Morgan fingerprint density at radius 3 is 2.86 bits per heavy atom. The number of aryl methyl sites for hydroxylation is 1. The van der Waals surface area contributed by atoms with Crippen LogP contribution in [0.1, 0.15) is 43.0 Å². The number of hydrogen-bond acceptors (Lipinski definition) is 4. The molecule has 1 aromatic heterocycles. The minimum Gasteiger partial charge on any atom is -0.381 e. The minimum absolute atomic E-state index is 0.0539. The van der Waals surface area contributed by atoms with Crippen molar-refractivity contribution in [3.63, 3.8) is 0 Å². The third-order valence-corrected chi connectivity index (χ3v) is 5.00. The molecule has 0 aliphatic carbocycles. The maximum atomic E-state index is 6.17. The number of nitrogens with one attached hydrogen (secondary N) is 1. The molecule has 3 heterocycles. The molecule has 1 N–H and O–H groups in total. The second kappa shape index (κ2) is 6.42. The summed E-state index contributed by atoms with van der Waals surface area (Å²) in [5.74, 6) is 0.614. The topological polar surface area (TPSA) is 43.4 Å². The molecule has 116 valence electrons. The van der Waals surface area contributed by atoms with E-state index in [0.29, 0.717) is 12.0 Å². The summed E-state index contributed by atoms with van der Waals surface area (Å²) < 4.78 is 11.7. The predicted octanol–water partition coefficient (Wildman–Crippen LogP) is 2.63. The monoisotopic (exact) mass is 290 g/mol. The van der Waals surface area contributed by atoms with Crippen LogP contribution in [0.2, 0.25) is 0 Å². The molecule has 0 saturated carbocycles. The quantitative estimate of drug-likeness (QED) is 0.929. The van der Waals surface area contributed by atoms with E-state index in [1.807, 2.05) is 6.20 Å². The van der Waals surface area contributed by atoms with E-state index < -0.39 is 0 Å². The Morgan fingerprint density at radius 2 is 2.14 bits per heavy atom. The first kappa shape index (κ1) is 14.9. The molecule has 4 nitrogen and oxygen atoms in total. The van der Waals surface area contributed by atoms with Gasteiger partial charge in [0.2, 0.25) is 0 Å². The van der Waals surface area contributed by atoms with Gasteiger partial charge < -0.3 is 14.8 Å². The highest BCUT2D eigenvalue weighted by molar-refractivity contribution is 5.20. The standard InChI is InChI=1S/C17H26N2O2/c1-13-11-14(3-7-19-13)16(18-2)15-4-8-21-17(12-15)5-9-20-10-6-17/h3,7,11,15-16,18H,4-6,8-10,12H2,1-2H3. The lowest BCUT2D eigenvalue weighted by Gasteiger charge is -2.45. The number of nitrogens with zero attached hydrogens (tertiary/aromatic N) is 1. The summed E-state index contributed by atoms with van der Waals surface area (Å²) in [6.07, 6.45) is 6.24. The smallest absolute Gasteiger partial charge is 0.0729 e. The van der Waals surface area contributed by atoms with Crippen molar-refractivity contribution in [1.29, 1.82) is 0 Å². The van der Waals surface area contributed by atoms with Crippen molar-refractivity contribution < 1.29 is 9.47 Å². The van der Waals surface area contributed by atoms with Crippen LogP contribution in [0.4, 0.5) is 0 Å². The molecule has 2 saturated heterocycles. The second-order valence-corrected chi connectivity index (χ2v) is 6.39. The van der Waals surface area contributed by atoms with E-state index >= 15 is 0 Å². The lowest BCUT2D eigenvalue weighted by molar-refractivity contribution is -0.150. The van der Waals surface area contributed by atoms with Crippen molar-refractivity contribution in [2.45, 2.75) is 44.2 Å². The molecule has 0 bridgehead atoms. The highest BCUT2D eigenvalue weighted by Crippen LogP contribution is 2.41. The van der Waals surface area contributed by atoms with Gasteiger partial charge in [-0.25, -0.2) is 0 Å². The molecule has 4 heteroatoms. The van der Waals surface area contributed by atoms with Crippen molar-refractivity contribution >= 4 is 0 Å². The lowest BCUT2D eigenvalue weighted by atomic mass is 9.76. The van der Waals surface area contributed by atoms with Gasteiger partial charge in [0.05, 0.1) is 5.60 Å². The number of rotatable bonds is 3. The van der Waals surface area contributed by atoms with Crippen LogP contribution in [0.15, 0.2) is 18.3 Å². The van der Waals surface area contributed by atoms with Crippen LogP contribution in [0.3, 0.4) is 0 Å². The Morgan fingerprint density at radius 1 is 1.33 bits per heavy atom. The third kappa shape index (κ3) is 3.28. The van der Waals surface area contributed by atoms with Gasteiger partial charge in [0.15, 0.2) is 0 Å². The van der Waals surface area contributed by atoms with Crippen molar-refractivity contribution in [1.82, 2.24) is 10.3 Å². The summed E-state index contributed by atoms with van der Waals surface area (Å²) in [6.45, 7) is 4.60. The lowest BCUT2D eigenvalue weighted by Crippen LogP contribution is -2.46. The summed E-state index contributed by atoms with van der Waals surface area (Å²) in [6, 6.07) is 4.73. The average Bonchev–Trinajstić information content (AvgIpc) is 2.49. The van der Waals surface area contributed by atoms with E-state index in [1.165, 1.54) is 5.56 Å². The van der Waals surface area contributed by atoms with Crippen molar-refractivity contribution in [2.24, 2.45) is 5.92 Å². The van der Waals surface area contributed by atoms with E-state index in [2.05, 4.69) is 36.4 Å². The van der Waals surface area contributed by atoms with Gasteiger partial charge in [-0.15, -0.1) is 0 Å². The number of aromatic nitrogens is 1. The molecular formula is C17H26N2O2. The molecule has 2 atom stereocenters. The zero-order chi connectivity index (χ0) is 14.7. The predicted molar refractivity (Wildman–Crippen MR) is 82.2 cm³/mol. The summed E-state index contributed by atoms with van der Waals surface area (Å²) in [5, 5.41) is 3.52. The average molecular weight is 290 g/mol. The van der Waals surface area contributed by atoms with E-state index in [0.717, 1.165) is 51.2 Å². The van der Waals surface area contributed by atoms with Gasteiger partial charge in [0.1, 0.15) is 0 Å². The zero-order valence-electron chi connectivity index (χ0n) is 13.1. The minimum atomic E-state index is 0.0539. The summed E-state index contributed by atoms with van der Waals surface area (Å²) in [7, 11) is 2.06. The molecule has 2 fully saturated rings.